The quantitative estimate of drug-likeness (QED) is 0.691. The van der Waals surface area contributed by atoms with Gasteiger partial charge in [-0.25, -0.2) is 8.42 Å². The molecule has 0 fully saturated rings. The van der Waals surface area contributed by atoms with Gasteiger partial charge in [-0.1, -0.05) is 20.8 Å². The number of carbonyl (C=O) groups excluding carboxylic acids is 1. The molecule has 0 unspecified atom stereocenters. The van der Waals surface area contributed by atoms with Gasteiger partial charge < -0.3 is 0 Å². The highest BCUT2D eigenvalue weighted by Crippen LogP contribution is 2.19. The van der Waals surface area contributed by atoms with E-state index in [0.29, 0.717) is 31.4 Å². The SMILES string of the molecule is CCC(=O)c1c(CC)nn(CCS(=O)(=O)C(C)C)c1CC. The van der Waals surface area contributed by atoms with E-state index < -0.39 is 9.84 Å². The molecule has 0 aliphatic heterocycles. The van der Waals surface area contributed by atoms with E-state index in [4.69, 9.17) is 0 Å². The minimum absolute atomic E-state index is 0.0578. The van der Waals surface area contributed by atoms with Crippen LogP contribution in [0.3, 0.4) is 0 Å². The van der Waals surface area contributed by atoms with Crippen molar-refractivity contribution in [1.82, 2.24) is 9.78 Å². The highest BCUT2D eigenvalue weighted by Gasteiger charge is 2.22. The Labute approximate surface area is 127 Å². The molecule has 0 radical (unpaired) electrons. The second kappa shape index (κ2) is 7.20. The zero-order chi connectivity index (χ0) is 16.2. The Balaban J connectivity index is 3.14. The molecule has 1 aromatic heterocycles. The summed E-state index contributed by atoms with van der Waals surface area (Å²) in [5.41, 5.74) is 2.34. The Bertz CT molecular complexity index is 601. The van der Waals surface area contributed by atoms with Crippen LogP contribution in [0.25, 0.3) is 0 Å². The van der Waals surface area contributed by atoms with Gasteiger partial charge in [0.25, 0.3) is 0 Å². The normalized spacial score (nSPS) is 12.1. The number of aromatic nitrogens is 2. The van der Waals surface area contributed by atoms with E-state index in [9.17, 15) is 13.2 Å². The molecule has 0 N–H and O–H groups in total. The third-order valence-electron chi connectivity index (χ3n) is 3.71. The minimum atomic E-state index is -3.10. The molecule has 0 saturated heterocycles. The lowest BCUT2D eigenvalue weighted by Gasteiger charge is -2.10. The van der Waals surface area contributed by atoms with Crippen molar-refractivity contribution < 1.29 is 13.2 Å². The van der Waals surface area contributed by atoms with E-state index in [1.54, 1.807) is 18.5 Å². The first-order valence-corrected chi connectivity index (χ1v) is 9.33. The minimum Gasteiger partial charge on any atom is -0.294 e. The summed E-state index contributed by atoms with van der Waals surface area (Å²) in [7, 11) is -3.10. The lowest BCUT2D eigenvalue weighted by molar-refractivity contribution is 0.0986. The van der Waals surface area contributed by atoms with E-state index in [1.165, 1.54) is 0 Å². The molecule has 0 aromatic carbocycles. The summed E-state index contributed by atoms with van der Waals surface area (Å²) in [6, 6.07) is 0. The van der Waals surface area contributed by atoms with Crippen LogP contribution in [0.1, 0.15) is 62.8 Å². The molecular formula is C15H26N2O3S. The first kappa shape index (κ1) is 17.9. The molecule has 0 amide bonds. The summed E-state index contributed by atoms with van der Waals surface area (Å²) in [4.78, 5) is 12.1. The maximum Gasteiger partial charge on any atom is 0.166 e. The number of ketones is 1. The second-order valence-electron chi connectivity index (χ2n) is 5.39. The Morgan fingerprint density at radius 2 is 1.81 bits per heavy atom. The fourth-order valence-electron chi connectivity index (χ4n) is 2.29. The first-order valence-electron chi connectivity index (χ1n) is 7.61. The predicted molar refractivity (Wildman–Crippen MR) is 84.5 cm³/mol. The monoisotopic (exact) mass is 314 g/mol. The molecule has 1 heterocycles. The van der Waals surface area contributed by atoms with Crippen LogP contribution < -0.4 is 0 Å². The van der Waals surface area contributed by atoms with Gasteiger partial charge >= 0.3 is 0 Å². The molecular weight excluding hydrogens is 288 g/mol. The Hall–Kier alpha value is -1.17. The van der Waals surface area contributed by atoms with E-state index in [2.05, 4.69) is 5.10 Å². The van der Waals surface area contributed by atoms with Crippen molar-refractivity contribution in [2.75, 3.05) is 5.75 Å². The van der Waals surface area contributed by atoms with Gasteiger partial charge in [-0.05, 0) is 26.7 Å². The Morgan fingerprint density at radius 1 is 1.19 bits per heavy atom. The topological polar surface area (TPSA) is 69.0 Å². The van der Waals surface area contributed by atoms with Crippen molar-refractivity contribution in [2.45, 2.75) is 65.7 Å². The van der Waals surface area contributed by atoms with E-state index in [-0.39, 0.29) is 16.8 Å². The summed E-state index contributed by atoms with van der Waals surface area (Å²) in [6.45, 7) is 9.44. The summed E-state index contributed by atoms with van der Waals surface area (Å²) >= 11 is 0. The van der Waals surface area contributed by atoms with Crippen LogP contribution in [-0.4, -0.2) is 35.0 Å². The number of nitrogens with zero attached hydrogens (tertiary/aromatic N) is 2. The lowest BCUT2D eigenvalue weighted by Crippen LogP contribution is -2.22. The van der Waals surface area contributed by atoms with Crippen LogP contribution in [0.15, 0.2) is 0 Å². The number of rotatable bonds is 8. The Morgan fingerprint density at radius 3 is 2.24 bits per heavy atom. The van der Waals surface area contributed by atoms with Crippen LogP contribution in [0, 0.1) is 0 Å². The molecule has 0 aliphatic rings. The van der Waals surface area contributed by atoms with Crippen LogP contribution in [0.2, 0.25) is 0 Å². The number of aryl methyl sites for hydroxylation is 2. The van der Waals surface area contributed by atoms with Crippen molar-refractivity contribution in [1.29, 1.82) is 0 Å². The maximum absolute atomic E-state index is 12.1. The van der Waals surface area contributed by atoms with Crippen LogP contribution in [0.5, 0.6) is 0 Å². The first-order chi connectivity index (χ1) is 9.78. The largest absolute Gasteiger partial charge is 0.294 e. The van der Waals surface area contributed by atoms with Gasteiger partial charge in [0.2, 0.25) is 0 Å². The van der Waals surface area contributed by atoms with Gasteiger partial charge in [0.05, 0.1) is 28.8 Å². The summed E-state index contributed by atoms with van der Waals surface area (Å²) < 4.78 is 25.6. The fourth-order valence-corrected chi connectivity index (χ4v) is 3.19. The highest BCUT2D eigenvalue weighted by molar-refractivity contribution is 7.91. The maximum atomic E-state index is 12.1. The highest BCUT2D eigenvalue weighted by atomic mass is 32.2. The fraction of sp³-hybridized carbons (Fsp3) is 0.733. The molecule has 120 valence electrons. The van der Waals surface area contributed by atoms with Crippen molar-refractivity contribution in [2.24, 2.45) is 0 Å². The smallest absolute Gasteiger partial charge is 0.166 e. The molecule has 5 nitrogen and oxygen atoms in total. The summed E-state index contributed by atoms with van der Waals surface area (Å²) in [5, 5.41) is 4.07. The predicted octanol–water partition coefficient (Wildman–Crippen LogP) is 2.42. The van der Waals surface area contributed by atoms with E-state index in [0.717, 1.165) is 11.4 Å². The lowest BCUT2D eigenvalue weighted by atomic mass is 10.0. The standard InChI is InChI=1S/C15H26N2O3S/c1-6-12-15(14(18)8-3)13(7-2)17(16-12)9-10-21(19,20)11(4)5/h11H,6-10H2,1-5H3. The van der Waals surface area contributed by atoms with Gasteiger partial charge in [-0.3, -0.25) is 9.48 Å². The summed E-state index contributed by atoms with van der Waals surface area (Å²) in [6.07, 6.45) is 1.80. The molecule has 21 heavy (non-hydrogen) atoms. The van der Waals surface area contributed by atoms with Crippen molar-refractivity contribution in [3.8, 4) is 0 Å². The molecule has 0 bridgehead atoms. The molecule has 0 aliphatic carbocycles. The average molecular weight is 314 g/mol. The second-order valence-corrected chi connectivity index (χ2v) is 8.07. The van der Waals surface area contributed by atoms with Gasteiger partial charge in [-0.2, -0.15) is 5.10 Å². The molecule has 0 spiro atoms. The van der Waals surface area contributed by atoms with Gasteiger partial charge in [-0.15, -0.1) is 0 Å². The third kappa shape index (κ3) is 3.93. The summed E-state index contributed by atoms with van der Waals surface area (Å²) in [5.74, 6) is 0.143. The number of carbonyl (C=O) groups is 1. The van der Waals surface area contributed by atoms with Gasteiger partial charge in [0.1, 0.15) is 0 Å². The van der Waals surface area contributed by atoms with Crippen molar-refractivity contribution in [3.05, 3.63) is 17.0 Å². The zero-order valence-electron chi connectivity index (χ0n) is 13.6. The number of Topliss-reactive ketones (excluding diaryl/α,β-unsaturated/α-hetero) is 1. The van der Waals surface area contributed by atoms with Crippen LogP contribution in [-0.2, 0) is 29.2 Å². The number of hydrogen-bond donors (Lipinski definition) is 0. The van der Waals surface area contributed by atoms with E-state index in [1.807, 2.05) is 20.8 Å². The third-order valence-corrected chi connectivity index (χ3v) is 5.89. The molecule has 1 rings (SSSR count). The molecule has 0 atom stereocenters. The zero-order valence-corrected chi connectivity index (χ0v) is 14.5. The van der Waals surface area contributed by atoms with Crippen molar-refractivity contribution in [3.63, 3.8) is 0 Å². The van der Waals surface area contributed by atoms with Gasteiger partial charge in [0.15, 0.2) is 15.6 Å². The number of sulfone groups is 1. The van der Waals surface area contributed by atoms with Crippen LogP contribution in [0.4, 0.5) is 0 Å². The Kier molecular flexibility index (Phi) is 6.13. The van der Waals surface area contributed by atoms with Crippen LogP contribution >= 0.6 is 0 Å². The van der Waals surface area contributed by atoms with E-state index >= 15 is 0 Å². The van der Waals surface area contributed by atoms with Gasteiger partial charge in [0, 0.05) is 12.1 Å². The van der Waals surface area contributed by atoms with Crippen molar-refractivity contribution >= 4 is 15.6 Å². The average Bonchev–Trinajstić information content (AvgIpc) is 2.81. The number of hydrogen-bond acceptors (Lipinski definition) is 4. The molecule has 6 heteroatoms. The molecule has 1 aromatic rings. The molecule has 0 saturated carbocycles.